The first-order chi connectivity index (χ1) is 64.7. The number of para-hydroxylation sites is 1. The lowest BCUT2D eigenvalue weighted by molar-refractivity contribution is -0.137. The summed E-state index contributed by atoms with van der Waals surface area (Å²) in [6.07, 6.45) is 14.5. The highest BCUT2D eigenvalue weighted by Crippen LogP contribution is 2.43. The third kappa shape index (κ3) is 21.5. The van der Waals surface area contributed by atoms with Gasteiger partial charge in [0.05, 0.1) is 17.4 Å². The summed E-state index contributed by atoms with van der Waals surface area (Å²) in [5.41, 5.74) is 14.5. The summed E-state index contributed by atoms with van der Waals surface area (Å²) in [6.45, 7) is 20.0. The Morgan fingerprint density at radius 3 is 1.40 bits per heavy atom. The van der Waals surface area contributed by atoms with Crippen LogP contribution in [0.25, 0.3) is 41.0 Å². The van der Waals surface area contributed by atoms with E-state index in [9.17, 15) is 41.9 Å². The van der Waals surface area contributed by atoms with E-state index in [2.05, 4.69) is 77.5 Å². The number of ether oxygens (including phenoxy) is 2. The number of hydrogen-bond donors (Lipinski definition) is 10. The fraction of sp³-hybridized carbons (Fsp3) is 0.0777. The number of alkyl halides is 3. The number of benzene rings is 8. The molecule has 31 heteroatoms. The van der Waals surface area contributed by atoms with Crippen LogP contribution in [0, 0.1) is 6.92 Å². The lowest BCUT2D eigenvalue weighted by Gasteiger charge is -2.27. The van der Waals surface area contributed by atoms with Gasteiger partial charge in [0.15, 0.2) is 5.13 Å². The number of aromatic nitrogens is 7. The number of nitrogens with one attached hydrogen (secondary N) is 9. The molecular weight excluding hydrogens is 1790 g/mol. The van der Waals surface area contributed by atoms with Crippen molar-refractivity contribution in [3.05, 3.63) is 427 Å². The van der Waals surface area contributed by atoms with Gasteiger partial charge in [0, 0.05) is 137 Å². The molecule has 0 spiro atoms. The van der Waals surface area contributed by atoms with Crippen molar-refractivity contribution in [2.75, 3.05) is 43.4 Å². The number of carboxylic acid groups (broad SMARTS) is 1. The number of hydrogen-bond acceptors (Lipinski definition) is 14. The Labute approximate surface area is 785 Å². The van der Waals surface area contributed by atoms with E-state index in [4.69, 9.17) is 49.4 Å². The lowest BCUT2D eigenvalue weighted by Crippen LogP contribution is -2.32. The second-order valence-corrected chi connectivity index (χ2v) is 33.1. The van der Waals surface area contributed by atoms with Crippen LogP contribution in [0.2, 0.25) is 15.1 Å². The number of rotatable bonds is 18. The second-order valence-electron chi connectivity index (χ2n) is 30.9. The van der Waals surface area contributed by atoms with Gasteiger partial charge in [-0.1, -0.05) is 128 Å². The average Bonchev–Trinajstić information content (AvgIpc) is 1.62. The number of aromatic carboxylic acids is 1. The van der Waals surface area contributed by atoms with Gasteiger partial charge in [0.1, 0.15) is 68.9 Å². The Balaban J connectivity index is 0.000000123. The number of thiazole rings is 1. The van der Waals surface area contributed by atoms with Gasteiger partial charge >= 0.3 is 12.1 Å². The fourth-order valence-electron chi connectivity index (χ4n) is 15.1. The standard InChI is InChI=1S/C27H20ClN3O2.C22H18ClN3O.C20H20ClN3O2.C19H13F3N4OS.C15H12N2O3/c1-18-10-11-19-16-25(30-26(19)31(18)22-14-12-20(28)13-15-22)27(32)29-21-6-5-9-24(17-21)33-23-7-3-2-4-8-23;1-15-7-8-17-13-20(22(27)24-14-16-5-3-2-4-6-16)25-21(17)26(15)19-11-9-18(23)10-12-19;1-13-4-5-14-11-18(20(25)22-12-17-3-2-10-26-17)23-19(14)24(13)16-8-6-15(21)7-9-16;1-11-2-3-12-10-15(17(27)25-18-23-8-9-28-18)24-16(12)26(11)14-6-4-13(5-7-14)19(20,21)22;1-9-3-2-4-11(7-9)17-13(18)6-5-10-8-12(15(19)20)16-14(10)17/h2-17,30H,1H2,(H,29,32);2-13,25H,1,14H2,(H,24,27);4-9,11,17,23H,1-3,10,12H2,(H,22,25);2-10,24H,1H2,(H,23,25,27);2-8,16H,1H3,(H,19,20). The van der Waals surface area contributed by atoms with Crippen LogP contribution in [0.3, 0.4) is 0 Å². The minimum Gasteiger partial charge on any atom is -0.477 e. The number of fused-ring (bicyclic) bond motifs is 5. The molecule has 4 amide bonds. The van der Waals surface area contributed by atoms with Gasteiger partial charge in [0.25, 0.3) is 29.2 Å². The minimum atomic E-state index is -4.41. The average molecular weight is 1870 g/mol. The van der Waals surface area contributed by atoms with Gasteiger partial charge in [0.2, 0.25) is 0 Å². The van der Waals surface area contributed by atoms with Crippen molar-refractivity contribution < 1.29 is 51.7 Å². The number of pyridine rings is 1. The number of amides is 4. The first kappa shape index (κ1) is 91.2. The van der Waals surface area contributed by atoms with Gasteiger partial charge in [-0.05, 0) is 249 Å². The minimum absolute atomic E-state index is 0.0620. The Hall–Kier alpha value is -16.1. The summed E-state index contributed by atoms with van der Waals surface area (Å²) in [5.74, 6) is 2.37. The zero-order valence-electron chi connectivity index (χ0n) is 71.5. The molecule has 10 N–H and O–H groups in total. The summed E-state index contributed by atoms with van der Waals surface area (Å²) in [5, 5.41) is 25.4. The molecule has 12 heterocycles. The SMILES string of the molecule is C=C1C=Cc2cc(C(=O)NCC3CCCO3)[nH]c2N1c1ccc(Cl)cc1.C=C1C=Cc2cc(C(=O)NCc3ccccc3)[nH]c2N1c1ccc(Cl)cc1.C=C1C=Cc2cc(C(=O)Nc3cccc(Oc4ccccc4)c3)[nH]c2N1c1ccc(Cl)cc1.C=C1C=Cc2cc(C(=O)Nc3nccs3)[nH]c2N1c1ccc(C(F)(F)F)cc1.Cc1cccc(-n2c(=O)ccc3cc(C(=O)O)[nH]c32)c1. The maximum absolute atomic E-state index is 13.0. The number of H-pyrrole nitrogens is 5. The number of carboxylic acids is 1. The molecule has 672 valence electrons. The van der Waals surface area contributed by atoms with E-state index >= 15 is 0 Å². The van der Waals surface area contributed by atoms with E-state index in [1.165, 1.54) is 40.2 Å². The smallest absolute Gasteiger partial charge is 0.416 e. The molecule has 0 bridgehead atoms. The molecular formula is C103H83Cl3F3N15O9S. The van der Waals surface area contributed by atoms with Gasteiger partial charge in [-0.15, -0.1) is 11.3 Å². The number of aromatic amines is 5. The van der Waals surface area contributed by atoms with Crippen molar-refractivity contribution in [2.45, 2.75) is 38.6 Å². The zero-order chi connectivity index (χ0) is 93.8. The molecule has 1 atom stereocenters. The molecule has 1 saturated heterocycles. The van der Waals surface area contributed by atoms with Gasteiger partial charge in [-0.25, -0.2) is 9.78 Å². The van der Waals surface area contributed by atoms with Crippen molar-refractivity contribution in [1.82, 2.24) is 45.1 Å². The van der Waals surface area contributed by atoms with Crippen molar-refractivity contribution >= 4 is 168 Å². The van der Waals surface area contributed by atoms with Crippen molar-refractivity contribution in [3.8, 4) is 17.2 Å². The Bertz CT molecular complexity index is 7150. The number of carbonyl (C=O) groups is 5. The van der Waals surface area contributed by atoms with Gasteiger partial charge in [-0.2, -0.15) is 13.2 Å². The zero-order valence-corrected chi connectivity index (χ0v) is 74.5. The number of halogens is 6. The summed E-state index contributed by atoms with van der Waals surface area (Å²) >= 11 is 19.3. The molecule has 0 saturated carbocycles. The second kappa shape index (κ2) is 40.5. The normalized spacial score (nSPS) is 13.7. The lowest BCUT2D eigenvalue weighted by atomic mass is 10.1. The Kier molecular flexibility index (Phi) is 27.6. The van der Waals surface area contributed by atoms with Crippen LogP contribution in [0.5, 0.6) is 11.5 Å². The van der Waals surface area contributed by atoms with Crippen LogP contribution in [0.1, 0.15) is 104 Å². The molecule has 134 heavy (non-hydrogen) atoms. The number of anilines is 10. The molecule has 20 rings (SSSR count). The van der Waals surface area contributed by atoms with E-state index in [0.29, 0.717) is 101 Å². The maximum Gasteiger partial charge on any atom is 0.416 e. The highest BCUT2D eigenvalue weighted by Gasteiger charge is 2.33. The predicted octanol–water partition coefficient (Wildman–Crippen LogP) is 24.7. The van der Waals surface area contributed by atoms with Crippen molar-refractivity contribution in [3.63, 3.8) is 0 Å². The van der Waals surface area contributed by atoms with Crippen LogP contribution >= 0.6 is 46.1 Å². The molecule has 5 aliphatic heterocycles. The molecule has 5 aliphatic rings. The molecule has 8 aromatic carbocycles. The molecule has 0 aliphatic carbocycles. The Morgan fingerprint density at radius 1 is 0.493 bits per heavy atom. The van der Waals surface area contributed by atoms with E-state index in [0.717, 1.165) is 122 Å². The largest absolute Gasteiger partial charge is 0.477 e. The topological polar surface area (TPSA) is 299 Å². The van der Waals surface area contributed by atoms with Crippen LogP contribution in [-0.4, -0.2) is 88.4 Å². The third-order valence-electron chi connectivity index (χ3n) is 21.6. The van der Waals surface area contributed by atoms with E-state index in [1.54, 1.807) is 46.8 Å². The molecule has 24 nitrogen and oxygen atoms in total. The first-order valence-electron chi connectivity index (χ1n) is 41.9. The summed E-state index contributed by atoms with van der Waals surface area (Å²) in [4.78, 5) is 101. The third-order valence-corrected chi connectivity index (χ3v) is 23.0. The molecule has 15 aromatic rings. The number of aryl methyl sites for hydroxylation is 1. The van der Waals surface area contributed by atoms with Crippen LogP contribution in [0.4, 0.5) is 70.0 Å². The number of nitrogens with zero attached hydrogens (tertiary/aromatic N) is 6. The quantitative estimate of drug-likeness (QED) is 0.0382. The monoisotopic (exact) mass is 1870 g/mol. The highest BCUT2D eigenvalue weighted by atomic mass is 35.5. The number of allylic oxidation sites excluding steroid dienone is 4. The van der Waals surface area contributed by atoms with E-state index in [1.807, 2.05) is 252 Å². The van der Waals surface area contributed by atoms with Crippen LogP contribution in [-0.2, 0) is 17.5 Å². The fourth-order valence-corrected chi connectivity index (χ4v) is 16.0. The van der Waals surface area contributed by atoms with Gasteiger partial charge < -0.3 is 55.5 Å². The van der Waals surface area contributed by atoms with Crippen molar-refractivity contribution in [1.29, 1.82) is 0 Å². The van der Waals surface area contributed by atoms with Gasteiger partial charge in [-0.3, -0.25) is 53.5 Å². The highest BCUT2D eigenvalue weighted by molar-refractivity contribution is 7.13. The van der Waals surface area contributed by atoms with Crippen LogP contribution in [0.15, 0.2) is 339 Å². The Morgan fingerprint density at radius 2 is 0.948 bits per heavy atom. The summed E-state index contributed by atoms with van der Waals surface area (Å²) < 4.78 is 51.4. The van der Waals surface area contributed by atoms with Crippen LogP contribution < -0.4 is 51.2 Å². The summed E-state index contributed by atoms with van der Waals surface area (Å²) in [6, 6.07) is 73.1. The molecule has 0 radical (unpaired) electrons. The first-order valence-corrected chi connectivity index (χ1v) is 43.9. The van der Waals surface area contributed by atoms with E-state index in [-0.39, 0.29) is 41.0 Å². The maximum atomic E-state index is 13.0. The summed E-state index contributed by atoms with van der Waals surface area (Å²) in [7, 11) is 0. The van der Waals surface area contributed by atoms with E-state index < -0.39 is 17.7 Å². The predicted molar refractivity (Wildman–Crippen MR) is 526 cm³/mol. The number of carbonyl (C=O) groups excluding carboxylic acids is 4. The molecule has 1 fully saturated rings. The molecule has 1 unspecified atom stereocenters. The van der Waals surface area contributed by atoms with Crippen molar-refractivity contribution in [2.24, 2.45) is 0 Å². The molecule has 7 aromatic heterocycles.